The predicted octanol–water partition coefficient (Wildman–Crippen LogP) is 2.09. The molecule has 0 radical (unpaired) electrons. The van der Waals surface area contributed by atoms with Gasteiger partial charge in [-0.3, -0.25) is 19.6 Å². The van der Waals surface area contributed by atoms with Crippen molar-refractivity contribution in [2.45, 2.75) is 37.3 Å². The molecule has 15 heteroatoms. The minimum Gasteiger partial charge on any atom is -0.475 e. The summed E-state index contributed by atoms with van der Waals surface area (Å²) in [5.74, 6) is -5.21. The van der Waals surface area contributed by atoms with Gasteiger partial charge in [-0.25, -0.2) is 9.59 Å². The highest BCUT2D eigenvalue weighted by Crippen LogP contribution is 2.32. The summed E-state index contributed by atoms with van der Waals surface area (Å²) in [5.41, 5.74) is 0.835. The number of carboxylic acids is 2. The zero-order valence-electron chi connectivity index (χ0n) is 18.9. The lowest BCUT2D eigenvalue weighted by Gasteiger charge is -2.50. The number of likely N-dealkylation sites (N-methyl/N-ethyl adjacent to an activating group) is 2. The first-order valence-corrected chi connectivity index (χ1v) is 10.2. The van der Waals surface area contributed by atoms with Gasteiger partial charge in [-0.15, -0.1) is 0 Å². The van der Waals surface area contributed by atoms with E-state index in [1.54, 1.807) is 0 Å². The number of carbonyl (C=O) groups is 3. The second-order valence-electron chi connectivity index (χ2n) is 7.88. The molecule has 1 aromatic rings. The number of pyridine rings is 1. The third-order valence-electron chi connectivity index (χ3n) is 5.53. The number of nitrogens with zero attached hydrogens (tertiary/aromatic N) is 4. The van der Waals surface area contributed by atoms with Crippen molar-refractivity contribution in [1.82, 2.24) is 19.7 Å². The quantitative estimate of drug-likeness (QED) is 0.575. The summed E-state index contributed by atoms with van der Waals surface area (Å²) in [6.45, 7) is 4.61. The Morgan fingerprint density at radius 3 is 1.83 bits per heavy atom. The minimum absolute atomic E-state index is 0.270. The highest BCUT2D eigenvalue weighted by Gasteiger charge is 2.48. The zero-order valence-corrected chi connectivity index (χ0v) is 18.9. The molecule has 0 atom stereocenters. The maximum atomic E-state index is 12.6. The third kappa shape index (κ3) is 8.98. The van der Waals surface area contributed by atoms with E-state index in [9.17, 15) is 31.1 Å². The second kappa shape index (κ2) is 12.2. The molecule has 9 nitrogen and oxygen atoms in total. The average molecular weight is 516 g/mol. The van der Waals surface area contributed by atoms with Crippen LogP contribution in [0.25, 0.3) is 0 Å². The Bertz CT molecular complexity index is 834. The van der Waals surface area contributed by atoms with Crippen LogP contribution in [0.15, 0.2) is 24.4 Å². The molecule has 3 rings (SSSR count). The molecule has 1 amide bonds. The highest BCUT2D eigenvalue weighted by molar-refractivity contribution is 5.87. The van der Waals surface area contributed by atoms with E-state index >= 15 is 0 Å². The Labute approximate surface area is 196 Å². The van der Waals surface area contributed by atoms with E-state index in [-0.39, 0.29) is 5.54 Å². The molecule has 0 unspecified atom stereocenters. The Hall–Kier alpha value is -2.94. The molecule has 2 aliphatic heterocycles. The molecule has 2 saturated heterocycles. The van der Waals surface area contributed by atoms with Crippen LogP contribution >= 0.6 is 0 Å². The topological polar surface area (TPSA) is 114 Å². The molecule has 0 aromatic carbocycles. The molecule has 0 aliphatic carbocycles. The van der Waals surface area contributed by atoms with Gasteiger partial charge in [0.2, 0.25) is 5.91 Å². The summed E-state index contributed by atoms with van der Waals surface area (Å²) in [4.78, 5) is 41.4. The molecule has 198 valence electrons. The molecule has 1 aromatic heterocycles. The highest BCUT2D eigenvalue weighted by atomic mass is 19.4. The fourth-order valence-electron chi connectivity index (χ4n) is 3.53. The van der Waals surface area contributed by atoms with Gasteiger partial charge in [0, 0.05) is 46.0 Å². The van der Waals surface area contributed by atoms with Crippen molar-refractivity contribution in [2.24, 2.45) is 0 Å². The maximum absolute atomic E-state index is 12.6. The van der Waals surface area contributed by atoms with E-state index in [1.165, 1.54) is 0 Å². The van der Waals surface area contributed by atoms with Gasteiger partial charge in [-0.1, -0.05) is 6.07 Å². The number of halogens is 6. The van der Waals surface area contributed by atoms with E-state index in [4.69, 9.17) is 19.8 Å². The van der Waals surface area contributed by atoms with Gasteiger partial charge in [-0.05, 0) is 32.0 Å². The first-order chi connectivity index (χ1) is 16.0. The number of carboxylic acid groups (broad SMARTS) is 2. The van der Waals surface area contributed by atoms with Crippen LogP contribution in [0.4, 0.5) is 26.3 Å². The van der Waals surface area contributed by atoms with E-state index in [2.05, 4.69) is 27.9 Å². The lowest BCUT2D eigenvalue weighted by Crippen LogP contribution is -2.66. The van der Waals surface area contributed by atoms with Crippen molar-refractivity contribution in [1.29, 1.82) is 0 Å². The van der Waals surface area contributed by atoms with Gasteiger partial charge in [0.25, 0.3) is 0 Å². The van der Waals surface area contributed by atoms with Crippen LogP contribution in [-0.4, -0.2) is 106 Å². The van der Waals surface area contributed by atoms with Crippen LogP contribution in [0, 0.1) is 0 Å². The average Bonchev–Trinajstić information content (AvgIpc) is 2.77. The van der Waals surface area contributed by atoms with Crippen LogP contribution in [0.3, 0.4) is 0 Å². The van der Waals surface area contributed by atoms with Crippen molar-refractivity contribution >= 4 is 17.8 Å². The number of carbonyl (C=O) groups excluding carboxylic acids is 1. The summed E-state index contributed by atoms with van der Waals surface area (Å²) in [5, 5.41) is 14.2. The SMILES string of the molecule is CN1CCN(C)C2(CCN(Cc3ccccn3)CC2)C1=O.O=C(O)C(F)(F)F.O=C(O)C(F)(F)F. The third-order valence-corrected chi connectivity index (χ3v) is 5.53. The van der Waals surface area contributed by atoms with Crippen LogP contribution in [0.5, 0.6) is 0 Å². The molecule has 3 heterocycles. The van der Waals surface area contributed by atoms with Gasteiger partial charge in [0.1, 0.15) is 5.54 Å². The van der Waals surface area contributed by atoms with Crippen molar-refractivity contribution in [3.8, 4) is 0 Å². The van der Waals surface area contributed by atoms with Gasteiger partial charge in [0.05, 0.1) is 5.69 Å². The number of aliphatic carboxylic acids is 2. The summed E-state index contributed by atoms with van der Waals surface area (Å²) < 4.78 is 63.5. The maximum Gasteiger partial charge on any atom is 0.490 e. The molecule has 1 spiro atoms. The van der Waals surface area contributed by atoms with Gasteiger partial charge >= 0.3 is 24.3 Å². The number of alkyl halides is 6. The van der Waals surface area contributed by atoms with E-state index < -0.39 is 24.3 Å². The summed E-state index contributed by atoms with van der Waals surface area (Å²) in [6.07, 6.45) is -6.49. The molecule has 2 N–H and O–H groups in total. The van der Waals surface area contributed by atoms with Gasteiger partial charge in [0.15, 0.2) is 0 Å². The molecular formula is C20H26F6N4O5. The first kappa shape index (κ1) is 30.1. The molecule has 35 heavy (non-hydrogen) atoms. The Kier molecular flexibility index (Phi) is 10.4. The second-order valence-corrected chi connectivity index (χ2v) is 7.88. The van der Waals surface area contributed by atoms with Crippen molar-refractivity contribution in [2.75, 3.05) is 40.3 Å². The minimum atomic E-state index is -5.08. The summed E-state index contributed by atoms with van der Waals surface area (Å²) >= 11 is 0. The molecule has 2 aliphatic rings. The number of piperidine rings is 1. The smallest absolute Gasteiger partial charge is 0.475 e. The first-order valence-electron chi connectivity index (χ1n) is 10.2. The molecule has 0 saturated carbocycles. The Morgan fingerprint density at radius 2 is 1.43 bits per heavy atom. The van der Waals surface area contributed by atoms with E-state index in [0.717, 1.165) is 51.3 Å². The standard InChI is InChI=1S/C16H24N4O.2C2HF3O2/c1-18-11-12-19(2)16(15(18)21)6-9-20(10-7-16)13-14-5-3-4-8-17-14;2*3-2(4,5)1(6)7/h3-5,8H,6-7,9-13H2,1-2H3;2*(H,6,7). The largest absolute Gasteiger partial charge is 0.490 e. The van der Waals surface area contributed by atoms with Crippen molar-refractivity contribution in [3.63, 3.8) is 0 Å². The molecule has 0 bridgehead atoms. The van der Waals surface area contributed by atoms with Crippen molar-refractivity contribution in [3.05, 3.63) is 30.1 Å². The lowest BCUT2D eigenvalue weighted by atomic mass is 9.83. The van der Waals surface area contributed by atoms with E-state index in [1.807, 2.05) is 30.3 Å². The monoisotopic (exact) mass is 516 g/mol. The number of piperazine rings is 1. The fraction of sp³-hybridized carbons (Fsp3) is 0.600. The Morgan fingerprint density at radius 1 is 0.943 bits per heavy atom. The van der Waals surface area contributed by atoms with Crippen LogP contribution in [-0.2, 0) is 20.9 Å². The zero-order chi connectivity index (χ0) is 27.0. The summed E-state index contributed by atoms with van der Waals surface area (Å²) in [6, 6.07) is 6.04. The number of likely N-dealkylation sites (tertiary alicyclic amines) is 1. The van der Waals surface area contributed by atoms with Crippen LogP contribution in [0.1, 0.15) is 18.5 Å². The van der Waals surface area contributed by atoms with Gasteiger partial charge < -0.3 is 15.1 Å². The fourth-order valence-corrected chi connectivity index (χ4v) is 3.53. The Balaban J connectivity index is 0.000000362. The number of hydrogen-bond donors (Lipinski definition) is 2. The number of hydrogen-bond acceptors (Lipinski definition) is 6. The van der Waals surface area contributed by atoms with Crippen molar-refractivity contribution < 1.29 is 50.9 Å². The van der Waals surface area contributed by atoms with Crippen LogP contribution in [0.2, 0.25) is 0 Å². The molecule has 2 fully saturated rings. The molecular weight excluding hydrogens is 490 g/mol. The summed E-state index contributed by atoms with van der Waals surface area (Å²) in [7, 11) is 4.02. The van der Waals surface area contributed by atoms with E-state index in [0.29, 0.717) is 5.91 Å². The number of amides is 1. The van der Waals surface area contributed by atoms with Gasteiger partial charge in [-0.2, -0.15) is 26.3 Å². The predicted molar refractivity (Wildman–Crippen MR) is 109 cm³/mol. The van der Waals surface area contributed by atoms with Crippen LogP contribution < -0.4 is 0 Å². The number of rotatable bonds is 2. The lowest BCUT2D eigenvalue weighted by molar-refractivity contribution is -0.193. The normalized spacial score (nSPS) is 18.7. The number of aromatic nitrogens is 1.